The molecular weight excluding hydrogens is 484 g/mol. The van der Waals surface area contributed by atoms with Gasteiger partial charge in [-0.15, -0.1) is 0 Å². The summed E-state index contributed by atoms with van der Waals surface area (Å²) >= 11 is 0. The molecule has 0 aliphatic heterocycles. The highest BCUT2D eigenvalue weighted by molar-refractivity contribution is 6.07. The van der Waals surface area contributed by atoms with E-state index >= 15 is 0 Å². The summed E-state index contributed by atoms with van der Waals surface area (Å²) in [4.78, 5) is 27.5. The molecule has 0 unspecified atom stereocenters. The second-order valence-electron chi connectivity index (χ2n) is 11.8. The summed E-state index contributed by atoms with van der Waals surface area (Å²) in [5, 5.41) is 5.52. The molecule has 5 nitrogen and oxygen atoms in total. The van der Waals surface area contributed by atoms with Gasteiger partial charge in [0.1, 0.15) is 0 Å². The van der Waals surface area contributed by atoms with Gasteiger partial charge in [0.2, 0.25) is 0 Å². The van der Waals surface area contributed by atoms with Crippen LogP contribution in [0.25, 0.3) is 10.8 Å². The van der Waals surface area contributed by atoms with Crippen molar-refractivity contribution in [2.75, 3.05) is 24.4 Å². The van der Waals surface area contributed by atoms with E-state index in [1.165, 1.54) is 18.2 Å². The summed E-state index contributed by atoms with van der Waals surface area (Å²) in [6.07, 6.45) is 2.18. The van der Waals surface area contributed by atoms with Gasteiger partial charge in [-0.2, -0.15) is 0 Å². The van der Waals surface area contributed by atoms with Gasteiger partial charge in [-0.3, -0.25) is 4.79 Å². The maximum atomic E-state index is 13.5. The number of rotatable bonds is 5. The van der Waals surface area contributed by atoms with E-state index in [9.17, 15) is 9.59 Å². The predicted molar refractivity (Wildman–Crippen MR) is 159 cm³/mol. The smallest absolute Gasteiger partial charge is 0.337 e. The molecule has 0 bridgehead atoms. The van der Waals surface area contributed by atoms with Crippen LogP contribution in [0.3, 0.4) is 0 Å². The van der Waals surface area contributed by atoms with E-state index in [1.54, 1.807) is 24.3 Å². The second kappa shape index (κ2) is 9.88. The highest BCUT2D eigenvalue weighted by Crippen LogP contribution is 2.49. The Morgan fingerprint density at radius 1 is 0.769 bits per heavy atom. The number of anilines is 3. The molecule has 5 heteroatoms. The monoisotopic (exact) mass is 520 g/mol. The minimum Gasteiger partial charge on any atom is -0.465 e. The topological polar surface area (TPSA) is 58.6 Å². The lowest BCUT2D eigenvalue weighted by Crippen LogP contribution is -2.34. The van der Waals surface area contributed by atoms with Crippen molar-refractivity contribution < 1.29 is 14.3 Å². The fraction of sp³-hybridized carbons (Fsp3) is 0.294. The summed E-state index contributed by atoms with van der Waals surface area (Å²) in [5.41, 5.74) is 6.24. The number of hydrogen-bond donors (Lipinski definition) is 1. The first-order valence-electron chi connectivity index (χ1n) is 13.4. The molecule has 0 fully saturated rings. The quantitative estimate of drug-likeness (QED) is 0.271. The lowest BCUT2D eigenvalue weighted by molar-refractivity contribution is 0.0600. The zero-order chi connectivity index (χ0) is 27.9. The van der Waals surface area contributed by atoms with Crippen LogP contribution in [0.4, 0.5) is 17.1 Å². The number of carbonyl (C=O) groups excluding carboxylic acids is 2. The van der Waals surface area contributed by atoms with E-state index in [0.29, 0.717) is 11.1 Å². The van der Waals surface area contributed by atoms with E-state index in [0.717, 1.165) is 40.7 Å². The SMILES string of the molecule is COC(=O)c1ccc(C(=O)Nc2cc3c(cc2N(C)c2cccc4ccccc24)C(C)(C)CCC3(C)C)cc1. The van der Waals surface area contributed by atoms with Crippen molar-refractivity contribution >= 4 is 39.7 Å². The van der Waals surface area contributed by atoms with E-state index in [2.05, 4.69) is 93.5 Å². The number of esters is 1. The molecule has 4 aromatic rings. The van der Waals surface area contributed by atoms with Crippen molar-refractivity contribution in [2.24, 2.45) is 0 Å². The minimum atomic E-state index is -0.430. The Morgan fingerprint density at radius 2 is 1.36 bits per heavy atom. The van der Waals surface area contributed by atoms with E-state index in [1.807, 2.05) is 6.07 Å². The molecule has 0 aromatic heterocycles. The van der Waals surface area contributed by atoms with Crippen molar-refractivity contribution in [1.29, 1.82) is 0 Å². The standard InChI is InChI=1S/C34H36N2O3/c1-33(2)18-19-34(3,4)27-21-30(36(5)29-13-9-11-22-10-7-8-12-25(22)29)28(20-26(27)33)35-31(37)23-14-16-24(17-15-23)32(38)39-6/h7-17,20-21H,18-19H2,1-6H3,(H,35,37). The number of amides is 1. The van der Waals surface area contributed by atoms with Gasteiger partial charge in [0.25, 0.3) is 5.91 Å². The largest absolute Gasteiger partial charge is 0.465 e. The first-order valence-corrected chi connectivity index (χ1v) is 13.4. The Morgan fingerprint density at radius 3 is 2.03 bits per heavy atom. The first-order chi connectivity index (χ1) is 18.5. The van der Waals surface area contributed by atoms with Crippen LogP contribution in [-0.4, -0.2) is 26.0 Å². The van der Waals surface area contributed by atoms with Crippen LogP contribution in [0.1, 0.15) is 72.4 Å². The van der Waals surface area contributed by atoms with E-state index in [-0.39, 0.29) is 16.7 Å². The highest BCUT2D eigenvalue weighted by Gasteiger charge is 2.38. The van der Waals surface area contributed by atoms with E-state index < -0.39 is 5.97 Å². The first kappa shape index (κ1) is 26.5. The third-order valence-electron chi connectivity index (χ3n) is 8.27. The molecule has 0 spiro atoms. The maximum absolute atomic E-state index is 13.5. The molecule has 1 amide bonds. The summed E-state index contributed by atoms with van der Waals surface area (Å²) in [5.74, 6) is -0.660. The Kier molecular flexibility index (Phi) is 6.71. The van der Waals surface area contributed by atoms with Crippen LogP contribution in [0, 0.1) is 0 Å². The van der Waals surface area contributed by atoms with Crippen LogP contribution >= 0.6 is 0 Å². The van der Waals surface area contributed by atoms with Crippen molar-refractivity contribution in [3.05, 3.63) is 101 Å². The molecular formula is C34H36N2O3. The van der Waals surface area contributed by atoms with Crippen molar-refractivity contribution in [3.63, 3.8) is 0 Å². The van der Waals surface area contributed by atoms with Gasteiger partial charge in [-0.25, -0.2) is 4.79 Å². The zero-order valence-corrected chi connectivity index (χ0v) is 23.6. The van der Waals surface area contributed by atoms with Crippen LogP contribution in [0.5, 0.6) is 0 Å². The molecule has 0 saturated heterocycles. The fourth-order valence-electron chi connectivity index (χ4n) is 5.68. The van der Waals surface area contributed by atoms with Gasteiger partial charge in [0, 0.05) is 23.7 Å². The lowest BCUT2D eigenvalue weighted by atomic mass is 9.63. The average Bonchev–Trinajstić information content (AvgIpc) is 2.94. The second-order valence-corrected chi connectivity index (χ2v) is 11.8. The fourth-order valence-corrected chi connectivity index (χ4v) is 5.68. The molecule has 1 aliphatic rings. The Hall–Kier alpha value is -4.12. The number of ether oxygens (including phenoxy) is 1. The molecule has 0 radical (unpaired) electrons. The number of benzene rings is 4. The molecule has 200 valence electrons. The number of methoxy groups -OCH3 is 1. The van der Waals surface area contributed by atoms with Crippen LogP contribution in [0.2, 0.25) is 0 Å². The van der Waals surface area contributed by atoms with Crippen LogP contribution in [-0.2, 0) is 15.6 Å². The summed E-state index contributed by atoms with van der Waals surface area (Å²) in [6, 6.07) is 25.6. The maximum Gasteiger partial charge on any atom is 0.337 e. The normalized spacial score (nSPS) is 15.3. The molecule has 0 heterocycles. The minimum absolute atomic E-state index is 0.0109. The van der Waals surface area contributed by atoms with E-state index in [4.69, 9.17) is 4.74 Å². The molecule has 39 heavy (non-hydrogen) atoms. The molecule has 5 rings (SSSR count). The Bertz CT molecular complexity index is 1560. The van der Waals surface area contributed by atoms with Gasteiger partial charge >= 0.3 is 5.97 Å². The molecule has 4 aromatic carbocycles. The summed E-state index contributed by atoms with van der Waals surface area (Å²) < 4.78 is 4.79. The molecule has 1 aliphatic carbocycles. The highest BCUT2D eigenvalue weighted by atomic mass is 16.5. The van der Waals surface area contributed by atoms with Crippen molar-refractivity contribution in [3.8, 4) is 0 Å². The third-order valence-corrected chi connectivity index (χ3v) is 8.27. The van der Waals surface area contributed by atoms with Gasteiger partial charge in [0.15, 0.2) is 0 Å². The van der Waals surface area contributed by atoms with Crippen molar-refractivity contribution in [1.82, 2.24) is 0 Å². The number of nitrogens with one attached hydrogen (secondary N) is 1. The predicted octanol–water partition coefficient (Wildman–Crippen LogP) is 8.00. The van der Waals surface area contributed by atoms with Gasteiger partial charge in [-0.1, -0.05) is 64.1 Å². The molecule has 0 saturated carbocycles. The number of fused-ring (bicyclic) bond motifs is 2. The molecule has 0 atom stereocenters. The molecule has 1 N–H and O–H groups in total. The Balaban J connectivity index is 1.63. The summed E-state index contributed by atoms with van der Waals surface area (Å²) in [6.45, 7) is 9.19. The number of carbonyl (C=O) groups is 2. The van der Waals surface area contributed by atoms with Gasteiger partial charge in [-0.05, 0) is 82.6 Å². The average molecular weight is 521 g/mol. The third kappa shape index (κ3) is 4.89. The van der Waals surface area contributed by atoms with Gasteiger partial charge in [0.05, 0.1) is 24.0 Å². The summed E-state index contributed by atoms with van der Waals surface area (Å²) in [7, 11) is 3.40. The Labute approximate surface area is 230 Å². The lowest BCUT2D eigenvalue weighted by Gasteiger charge is -2.43. The number of hydrogen-bond acceptors (Lipinski definition) is 4. The number of nitrogens with zero attached hydrogens (tertiary/aromatic N) is 1. The zero-order valence-electron chi connectivity index (χ0n) is 23.6. The van der Waals surface area contributed by atoms with Gasteiger partial charge < -0.3 is 15.0 Å². The van der Waals surface area contributed by atoms with Crippen LogP contribution < -0.4 is 10.2 Å². The van der Waals surface area contributed by atoms with Crippen LogP contribution in [0.15, 0.2) is 78.9 Å². The van der Waals surface area contributed by atoms with Crippen molar-refractivity contribution in [2.45, 2.75) is 51.4 Å².